The number of nitro groups is 1. The SMILES string of the molecule is CCn1cc(CNC(=S)Nc2ccc([N+](=O)[O-])cc2)cn1. The molecule has 0 fully saturated rings. The molecule has 2 aromatic rings. The van der Waals surface area contributed by atoms with Gasteiger partial charge in [-0.05, 0) is 31.3 Å². The van der Waals surface area contributed by atoms with Crippen LogP contribution in [0.5, 0.6) is 0 Å². The van der Waals surface area contributed by atoms with Crippen molar-refractivity contribution in [1.82, 2.24) is 15.1 Å². The molecule has 8 heteroatoms. The molecule has 0 spiro atoms. The minimum absolute atomic E-state index is 0.0476. The molecule has 0 atom stereocenters. The van der Waals surface area contributed by atoms with Gasteiger partial charge >= 0.3 is 0 Å². The molecular weight excluding hydrogens is 290 g/mol. The number of aromatic nitrogens is 2. The zero-order chi connectivity index (χ0) is 15.2. The number of nitrogens with zero attached hydrogens (tertiary/aromatic N) is 3. The summed E-state index contributed by atoms with van der Waals surface area (Å²) >= 11 is 5.17. The summed E-state index contributed by atoms with van der Waals surface area (Å²) in [6.07, 6.45) is 3.73. The third-order valence-electron chi connectivity index (χ3n) is 2.80. The zero-order valence-corrected chi connectivity index (χ0v) is 12.3. The molecule has 21 heavy (non-hydrogen) atoms. The largest absolute Gasteiger partial charge is 0.358 e. The molecule has 0 aliphatic rings. The van der Waals surface area contributed by atoms with Gasteiger partial charge in [0.15, 0.2) is 5.11 Å². The molecule has 0 saturated heterocycles. The third kappa shape index (κ3) is 4.25. The summed E-state index contributed by atoms with van der Waals surface area (Å²) in [5, 5.41) is 21.2. The van der Waals surface area contributed by atoms with Gasteiger partial charge in [-0.15, -0.1) is 0 Å². The minimum atomic E-state index is -0.439. The standard InChI is InChI=1S/C13H15N5O2S/c1-2-17-9-10(8-15-17)7-14-13(21)16-11-3-5-12(6-4-11)18(19)20/h3-6,8-9H,2,7H2,1H3,(H2,14,16,21). The average Bonchev–Trinajstić information content (AvgIpc) is 2.94. The lowest BCUT2D eigenvalue weighted by atomic mass is 10.3. The van der Waals surface area contributed by atoms with Gasteiger partial charge in [-0.25, -0.2) is 0 Å². The molecular formula is C13H15N5O2S. The van der Waals surface area contributed by atoms with Crippen LogP contribution in [0.1, 0.15) is 12.5 Å². The van der Waals surface area contributed by atoms with E-state index in [4.69, 9.17) is 12.2 Å². The number of nitro benzene ring substituents is 1. The van der Waals surface area contributed by atoms with Gasteiger partial charge in [0.2, 0.25) is 0 Å². The number of benzene rings is 1. The molecule has 2 rings (SSSR count). The number of nitrogens with one attached hydrogen (secondary N) is 2. The van der Waals surface area contributed by atoms with Crippen LogP contribution < -0.4 is 10.6 Å². The second-order valence-electron chi connectivity index (χ2n) is 4.32. The number of thiocarbonyl (C=S) groups is 1. The Kier molecular flexibility index (Phi) is 4.83. The van der Waals surface area contributed by atoms with Crippen LogP contribution in [0.25, 0.3) is 0 Å². The molecule has 0 radical (unpaired) electrons. The average molecular weight is 305 g/mol. The number of aryl methyl sites for hydroxylation is 1. The van der Waals surface area contributed by atoms with Gasteiger partial charge in [0, 0.05) is 42.7 Å². The van der Waals surface area contributed by atoms with E-state index in [0.29, 0.717) is 17.3 Å². The molecule has 0 saturated carbocycles. The summed E-state index contributed by atoms with van der Waals surface area (Å²) in [4.78, 5) is 10.1. The molecule has 0 bridgehead atoms. The predicted molar refractivity (Wildman–Crippen MR) is 84.1 cm³/mol. The van der Waals surface area contributed by atoms with E-state index in [1.165, 1.54) is 12.1 Å². The van der Waals surface area contributed by atoms with Crippen LogP contribution >= 0.6 is 12.2 Å². The van der Waals surface area contributed by atoms with Crippen molar-refractivity contribution < 1.29 is 4.92 Å². The first-order valence-corrected chi connectivity index (χ1v) is 6.80. The smallest absolute Gasteiger partial charge is 0.269 e. The van der Waals surface area contributed by atoms with E-state index in [9.17, 15) is 10.1 Å². The highest BCUT2D eigenvalue weighted by molar-refractivity contribution is 7.80. The molecule has 0 unspecified atom stereocenters. The Morgan fingerprint density at radius 3 is 2.71 bits per heavy atom. The van der Waals surface area contributed by atoms with Crippen molar-refractivity contribution in [2.45, 2.75) is 20.0 Å². The molecule has 1 aromatic heterocycles. The molecule has 0 amide bonds. The van der Waals surface area contributed by atoms with Gasteiger partial charge in [-0.1, -0.05) is 0 Å². The monoisotopic (exact) mass is 305 g/mol. The van der Waals surface area contributed by atoms with E-state index >= 15 is 0 Å². The van der Waals surface area contributed by atoms with E-state index in [0.717, 1.165) is 12.1 Å². The van der Waals surface area contributed by atoms with Crippen LogP contribution in [0.15, 0.2) is 36.7 Å². The molecule has 0 aliphatic heterocycles. The fourth-order valence-corrected chi connectivity index (χ4v) is 1.88. The summed E-state index contributed by atoms with van der Waals surface area (Å²) in [5.41, 5.74) is 1.78. The molecule has 2 N–H and O–H groups in total. The summed E-state index contributed by atoms with van der Waals surface area (Å²) < 4.78 is 1.84. The van der Waals surface area contributed by atoms with Crippen LogP contribution in [0.2, 0.25) is 0 Å². The van der Waals surface area contributed by atoms with Crippen molar-refractivity contribution in [1.29, 1.82) is 0 Å². The lowest BCUT2D eigenvalue weighted by Crippen LogP contribution is -2.27. The van der Waals surface area contributed by atoms with Crippen molar-refractivity contribution in [2.24, 2.45) is 0 Å². The molecule has 1 heterocycles. The van der Waals surface area contributed by atoms with Gasteiger partial charge in [-0.2, -0.15) is 5.10 Å². The van der Waals surface area contributed by atoms with Crippen molar-refractivity contribution >= 4 is 28.7 Å². The van der Waals surface area contributed by atoms with E-state index in [1.54, 1.807) is 18.3 Å². The van der Waals surface area contributed by atoms with Crippen LogP contribution in [0.4, 0.5) is 11.4 Å². The third-order valence-corrected chi connectivity index (χ3v) is 3.05. The highest BCUT2D eigenvalue weighted by atomic mass is 32.1. The van der Waals surface area contributed by atoms with Gasteiger partial charge in [0.25, 0.3) is 5.69 Å². The van der Waals surface area contributed by atoms with Crippen molar-refractivity contribution in [2.75, 3.05) is 5.32 Å². The molecule has 0 aliphatic carbocycles. The Hall–Kier alpha value is -2.48. The lowest BCUT2D eigenvalue weighted by Gasteiger charge is -2.09. The molecule has 110 valence electrons. The maximum atomic E-state index is 10.6. The number of non-ortho nitro benzene ring substituents is 1. The summed E-state index contributed by atoms with van der Waals surface area (Å²) in [5.74, 6) is 0. The Labute approximate surface area is 127 Å². The van der Waals surface area contributed by atoms with E-state index in [1.807, 2.05) is 17.8 Å². The maximum absolute atomic E-state index is 10.6. The number of hydrogen-bond donors (Lipinski definition) is 2. The van der Waals surface area contributed by atoms with E-state index in [-0.39, 0.29) is 5.69 Å². The van der Waals surface area contributed by atoms with Crippen molar-refractivity contribution in [3.8, 4) is 0 Å². The number of anilines is 1. The maximum Gasteiger partial charge on any atom is 0.269 e. The van der Waals surface area contributed by atoms with Gasteiger partial charge in [0.05, 0.1) is 11.1 Å². The second kappa shape index (κ2) is 6.80. The number of hydrogen-bond acceptors (Lipinski definition) is 4. The molecule has 7 nitrogen and oxygen atoms in total. The zero-order valence-electron chi connectivity index (χ0n) is 11.4. The summed E-state index contributed by atoms with van der Waals surface area (Å²) in [6, 6.07) is 6.08. The minimum Gasteiger partial charge on any atom is -0.358 e. The topological polar surface area (TPSA) is 85.0 Å². The summed E-state index contributed by atoms with van der Waals surface area (Å²) in [7, 11) is 0. The van der Waals surface area contributed by atoms with Crippen LogP contribution in [0.3, 0.4) is 0 Å². The Bertz CT molecular complexity index is 638. The Balaban J connectivity index is 1.85. The van der Waals surface area contributed by atoms with E-state index < -0.39 is 4.92 Å². The first kappa shape index (κ1) is 14.9. The quantitative estimate of drug-likeness (QED) is 0.501. The highest BCUT2D eigenvalue weighted by Crippen LogP contribution is 2.15. The summed E-state index contributed by atoms with van der Waals surface area (Å²) in [6.45, 7) is 3.41. The van der Waals surface area contributed by atoms with Gasteiger partial charge < -0.3 is 10.6 Å². The van der Waals surface area contributed by atoms with Crippen LogP contribution in [-0.2, 0) is 13.1 Å². The Morgan fingerprint density at radius 1 is 1.43 bits per heavy atom. The lowest BCUT2D eigenvalue weighted by molar-refractivity contribution is -0.384. The van der Waals surface area contributed by atoms with Crippen molar-refractivity contribution in [3.05, 3.63) is 52.3 Å². The first-order chi connectivity index (χ1) is 10.1. The van der Waals surface area contributed by atoms with Crippen LogP contribution in [-0.4, -0.2) is 19.8 Å². The van der Waals surface area contributed by atoms with Crippen molar-refractivity contribution in [3.63, 3.8) is 0 Å². The number of rotatable bonds is 5. The Morgan fingerprint density at radius 2 is 2.14 bits per heavy atom. The van der Waals surface area contributed by atoms with E-state index in [2.05, 4.69) is 15.7 Å². The normalized spacial score (nSPS) is 10.1. The second-order valence-corrected chi connectivity index (χ2v) is 4.72. The molecule has 1 aromatic carbocycles. The fourth-order valence-electron chi connectivity index (χ4n) is 1.69. The van der Waals surface area contributed by atoms with Gasteiger partial charge in [-0.3, -0.25) is 14.8 Å². The fraction of sp³-hybridized carbons (Fsp3) is 0.231. The van der Waals surface area contributed by atoms with Gasteiger partial charge in [0.1, 0.15) is 0 Å². The highest BCUT2D eigenvalue weighted by Gasteiger charge is 2.05. The first-order valence-electron chi connectivity index (χ1n) is 6.39. The predicted octanol–water partition coefficient (Wildman–Crippen LogP) is 2.30. The van der Waals surface area contributed by atoms with Crippen LogP contribution in [0, 0.1) is 10.1 Å².